The van der Waals surface area contributed by atoms with Crippen molar-refractivity contribution in [3.05, 3.63) is 41.5 Å². The number of benzene rings is 1. The molecule has 0 unspecified atom stereocenters. The molecule has 2 aliphatic carbocycles. The van der Waals surface area contributed by atoms with Crippen molar-refractivity contribution in [1.29, 1.82) is 0 Å². The van der Waals surface area contributed by atoms with Gasteiger partial charge in [0.05, 0.1) is 11.8 Å². The Kier molecular flexibility index (Phi) is 3.56. The van der Waals surface area contributed by atoms with Crippen molar-refractivity contribution in [2.24, 2.45) is 23.7 Å². The van der Waals surface area contributed by atoms with E-state index in [0.717, 1.165) is 23.2 Å². The minimum atomic E-state index is -0.801. The Labute approximate surface area is 147 Å². The van der Waals surface area contributed by atoms with Crippen LogP contribution in [-0.4, -0.2) is 28.7 Å². The van der Waals surface area contributed by atoms with Crippen LogP contribution in [0.25, 0.3) is 0 Å². The summed E-state index contributed by atoms with van der Waals surface area (Å²) < 4.78 is 0. The highest BCUT2D eigenvalue weighted by Crippen LogP contribution is 2.52. The molecule has 4 rings (SSSR count). The minimum absolute atomic E-state index is 0.158. The van der Waals surface area contributed by atoms with Gasteiger partial charge in [0.1, 0.15) is 6.04 Å². The number of aryl methyl sites for hydroxylation is 2. The van der Waals surface area contributed by atoms with Crippen LogP contribution in [0, 0.1) is 37.5 Å². The van der Waals surface area contributed by atoms with E-state index in [-0.39, 0.29) is 41.4 Å². The molecule has 130 valence electrons. The summed E-state index contributed by atoms with van der Waals surface area (Å²) in [6.07, 6.45) is 5.01. The number of likely N-dealkylation sites (tertiary alicyclic amines) is 1. The highest BCUT2D eigenvalue weighted by molar-refractivity contribution is 6.10. The van der Waals surface area contributed by atoms with Crippen molar-refractivity contribution in [3.63, 3.8) is 0 Å². The van der Waals surface area contributed by atoms with Crippen molar-refractivity contribution >= 4 is 23.4 Å². The number of nitrogens with zero attached hydrogens (tertiary/aromatic N) is 1. The number of hydrogen-bond acceptors (Lipinski definition) is 3. The fourth-order valence-corrected chi connectivity index (χ4v) is 4.53. The third-order valence-electron chi connectivity index (χ3n) is 5.92. The molecule has 5 nitrogen and oxygen atoms in total. The second kappa shape index (κ2) is 5.55. The molecule has 1 aromatic carbocycles. The summed E-state index contributed by atoms with van der Waals surface area (Å²) in [6.45, 7) is 5.50. The predicted molar refractivity (Wildman–Crippen MR) is 93.6 cm³/mol. The maximum Gasteiger partial charge on any atom is 0.247 e. The van der Waals surface area contributed by atoms with Gasteiger partial charge in [-0.05, 0) is 56.2 Å². The summed E-state index contributed by atoms with van der Waals surface area (Å²) >= 11 is 0. The zero-order valence-corrected chi connectivity index (χ0v) is 14.7. The number of carbonyl (C=O) groups excluding carboxylic acids is 3. The number of carbonyl (C=O) groups is 3. The molecule has 1 aromatic rings. The molecule has 1 aliphatic heterocycles. The predicted octanol–water partition coefficient (Wildman–Crippen LogP) is 2.44. The van der Waals surface area contributed by atoms with E-state index in [4.69, 9.17) is 0 Å². The SMILES string of the molecule is Cc1ccc(C)c(NC(=O)[C@@H](C)N2C(=O)[C@@H]3[C@H](C2=O)[C@@H]2C=C[C@H]3C2)c1. The Balaban J connectivity index is 1.54. The monoisotopic (exact) mass is 338 g/mol. The van der Waals surface area contributed by atoms with Gasteiger partial charge in [-0.1, -0.05) is 24.3 Å². The van der Waals surface area contributed by atoms with Gasteiger partial charge in [-0.2, -0.15) is 0 Å². The molecule has 1 N–H and O–H groups in total. The van der Waals surface area contributed by atoms with Gasteiger partial charge in [0, 0.05) is 5.69 Å². The number of imide groups is 1. The Morgan fingerprint density at radius 2 is 1.72 bits per heavy atom. The highest BCUT2D eigenvalue weighted by atomic mass is 16.2. The lowest BCUT2D eigenvalue weighted by Crippen LogP contribution is -2.46. The maximum atomic E-state index is 12.8. The Hall–Kier alpha value is -2.43. The van der Waals surface area contributed by atoms with E-state index < -0.39 is 6.04 Å². The molecule has 5 atom stereocenters. The van der Waals surface area contributed by atoms with E-state index in [0.29, 0.717) is 0 Å². The third-order valence-corrected chi connectivity index (χ3v) is 5.92. The number of hydrogen-bond donors (Lipinski definition) is 1. The van der Waals surface area contributed by atoms with Gasteiger partial charge in [-0.25, -0.2) is 0 Å². The molecule has 2 bridgehead atoms. The van der Waals surface area contributed by atoms with Gasteiger partial charge < -0.3 is 5.32 Å². The number of rotatable bonds is 3. The van der Waals surface area contributed by atoms with E-state index in [1.54, 1.807) is 6.92 Å². The fraction of sp³-hybridized carbons (Fsp3) is 0.450. The molecule has 1 heterocycles. The molecule has 1 saturated heterocycles. The summed E-state index contributed by atoms with van der Waals surface area (Å²) in [4.78, 5) is 39.5. The van der Waals surface area contributed by atoms with Crippen LogP contribution in [0.5, 0.6) is 0 Å². The van der Waals surface area contributed by atoms with Crippen LogP contribution in [0.2, 0.25) is 0 Å². The quantitative estimate of drug-likeness (QED) is 0.680. The molecule has 1 saturated carbocycles. The van der Waals surface area contributed by atoms with Gasteiger partial charge >= 0.3 is 0 Å². The fourth-order valence-electron chi connectivity index (χ4n) is 4.53. The van der Waals surface area contributed by atoms with Gasteiger partial charge in [0.25, 0.3) is 0 Å². The van der Waals surface area contributed by atoms with Crippen LogP contribution in [0.4, 0.5) is 5.69 Å². The normalized spacial score (nSPS) is 30.8. The van der Waals surface area contributed by atoms with Crippen molar-refractivity contribution in [2.45, 2.75) is 33.2 Å². The smallest absolute Gasteiger partial charge is 0.247 e. The van der Waals surface area contributed by atoms with E-state index in [9.17, 15) is 14.4 Å². The van der Waals surface area contributed by atoms with Crippen LogP contribution < -0.4 is 5.32 Å². The summed E-state index contributed by atoms with van der Waals surface area (Å²) in [5, 5.41) is 2.87. The van der Waals surface area contributed by atoms with Crippen LogP contribution in [0.15, 0.2) is 30.4 Å². The van der Waals surface area contributed by atoms with Gasteiger partial charge in [-0.3, -0.25) is 19.3 Å². The average Bonchev–Trinajstić information content (AvgIpc) is 3.24. The van der Waals surface area contributed by atoms with E-state index in [1.165, 1.54) is 4.90 Å². The largest absolute Gasteiger partial charge is 0.324 e. The van der Waals surface area contributed by atoms with Crippen molar-refractivity contribution < 1.29 is 14.4 Å². The first-order valence-corrected chi connectivity index (χ1v) is 8.82. The van der Waals surface area contributed by atoms with Crippen LogP contribution in [0.3, 0.4) is 0 Å². The second-order valence-electron chi connectivity index (χ2n) is 7.53. The molecule has 3 amide bonds. The van der Waals surface area contributed by atoms with Crippen molar-refractivity contribution in [3.8, 4) is 0 Å². The maximum absolute atomic E-state index is 12.8. The highest BCUT2D eigenvalue weighted by Gasteiger charge is 2.60. The Bertz CT molecular complexity index is 783. The molecule has 25 heavy (non-hydrogen) atoms. The minimum Gasteiger partial charge on any atom is -0.324 e. The number of anilines is 1. The standard InChI is InChI=1S/C20H22N2O3/c1-10-4-5-11(2)15(8-10)21-18(23)12(3)22-19(24)16-13-6-7-14(9-13)17(16)20(22)25/h4-8,12-14,16-17H,9H2,1-3H3,(H,21,23)/t12-,13-,14+,16-,17+/m1/s1. The lowest BCUT2D eigenvalue weighted by molar-refractivity contribution is -0.146. The van der Waals surface area contributed by atoms with E-state index >= 15 is 0 Å². The molecule has 0 spiro atoms. The molecule has 3 aliphatic rings. The summed E-state index contributed by atoms with van der Waals surface area (Å²) in [7, 11) is 0. The third kappa shape index (κ3) is 2.33. The first-order chi connectivity index (χ1) is 11.9. The van der Waals surface area contributed by atoms with E-state index in [1.807, 2.05) is 32.0 Å². The summed E-state index contributed by atoms with van der Waals surface area (Å²) in [6, 6.07) is 5.01. The summed E-state index contributed by atoms with van der Waals surface area (Å²) in [5.41, 5.74) is 2.71. The number of allylic oxidation sites excluding steroid dienone is 2. The lowest BCUT2D eigenvalue weighted by Gasteiger charge is -2.24. The summed E-state index contributed by atoms with van der Waals surface area (Å²) in [5.74, 6) is -0.907. The zero-order chi connectivity index (χ0) is 17.9. The molecule has 2 fully saturated rings. The number of fused-ring (bicyclic) bond motifs is 5. The second-order valence-corrected chi connectivity index (χ2v) is 7.53. The van der Waals surface area contributed by atoms with E-state index in [2.05, 4.69) is 17.5 Å². The van der Waals surface area contributed by atoms with Crippen molar-refractivity contribution in [1.82, 2.24) is 4.90 Å². The molecular formula is C20H22N2O3. The topological polar surface area (TPSA) is 66.5 Å². The van der Waals surface area contributed by atoms with Crippen LogP contribution in [0.1, 0.15) is 24.5 Å². The zero-order valence-electron chi connectivity index (χ0n) is 14.7. The van der Waals surface area contributed by atoms with Crippen molar-refractivity contribution in [2.75, 3.05) is 5.32 Å². The average molecular weight is 338 g/mol. The molecular weight excluding hydrogens is 316 g/mol. The number of amides is 3. The molecule has 0 radical (unpaired) electrons. The molecule has 5 heteroatoms. The van der Waals surface area contributed by atoms with Gasteiger partial charge in [0.15, 0.2) is 0 Å². The Morgan fingerprint density at radius 1 is 1.12 bits per heavy atom. The first kappa shape index (κ1) is 16.1. The Morgan fingerprint density at radius 3 is 2.32 bits per heavy atom. The number of nitrogens with one attached hydrogen (secondary N) is 1. The first-order valence-electron chi connectivity index (χ1n) is 8.82. The van der Waals surface area contributed by atoms with Gasteiger partial charge in [0.2, 0.25) is 17.7 Å². The molecule has 0 aromatic heterocycles. The van der Waals surface area contributed by atoms with Crippen LogP contribution in [-0.2, 0) is 14.4 Å². The lowest BCUT2D eigenvalue weighted by atomic mass is 9.85. The van der Waals surface area contributed by atoms with Crippen LogP contribution >= 0.6 is 0 Å². The van der Waals surface area contributed by atoms with Gasteiger partial charge in [-0.15, -0.1) is 0 Å².